The molecule has 0 spiro atoms. The third-order valence-electron chi connectivity index (χ3n) is 5.54. The van der Waals surface area contributed by atoms with Crippen molar-refractivity contribution in [3.63, 3.8) is 0 Å². The fourth-order valence-electron chi connectivity index (χ4n) is 3.71. The van der Waals surface area contributed by atoms with Crippen molar-refractivity contribution in [1.29, 1.82) is 0 Å². The molecule has 1 saturated heterocycles. The summed E-state index contributed by atoms with van der Waals surface area (Å²) in [5.41, 5.74) is 2.98. The van der Waals surface area contributed by atoms with E-state index in [9.17, 15) is 0 Å². The lowest BCUT2D eigenvalue weighted by atomic mass is 10.3. The average Bonchev–Trinajstić information content (AvgIpc) is 3.32. The van der Waals surface area contributed by atoms with E-state index in [0.29, 0.717) is 11.2 Å². The molecule has 0 unspecified atom stereocenters. The third kappa shape index (κ3) is 7.01. The van der Waals surface area contributed by atoms with Gasteiger partial charge in [0, 0.05) is 52.6 Å². The van der Waals surface area contributed by atoms with Gasteiger partial charge in [0.1, 0.15) is 0 Å². The summed E-state index contributed by atoms with van der Waals surface area (Å²) in [7, 11) is 2.18. The Bertz CT molecular complexity index is 1180. The summed E-state index contributed by atoms with van der Waals surface area (Å²) in [6, 6.07) is 10.6. The molecule has 1 aromatic carbocycles. The maximum absolute atomic E-state index is 4.86. The maximum Gasteiger partial charge on any atom is 0.229 e. The van der Waals surface area contributed by atoms with Gasteiger partial charge in [-0.2, -0.15) is 4.98 Å². The van der Waals surface area contributed by atoms with Crippen LogP contribution >= 0.6 is 35.0 Å². The molecule has 35 heavy (non-hydrogen) atoms. The largest absolute Gasteiger partial charge is 0.338 e. The lowest BCUT2D eigenvalue weighted by Crippen LogP contribution is -2.40. The van der Waals surface area contributed by atoms with E-state index in [0.717, 1.165) is 53.6 Å². The molecule has 1 aliphatic heterocycles. The highest BCUT2D eigenvalue weighted by atomic mass is 32.2. The lowest BCUT2D eigenvalue weighted by molar-refractivity contribution is 0.233. The smallest absolute Gasteiger partial charge is 0.229 e. The Balaban J connectivity index is 1.49. The van der Waals surface area contributed by atoms with Gasteiger partial charge >= 0.3 is 0 Å². The second-order valence-electron chi connectivity index (χ2n) is 8.65. The van der Waals surface area contributed by atoms with Crippen LogP contribution in [-0.4, -0.2) is 57.6 Å². The summed E-state index contributed by atoms with van der Waals surface area (Å²) in [4.78, 5) is 14.4. The highest BCUT2D eigenvalue weighted by Gasteiger charge is 2.16. The summed E-state index contributed by atoms with van der Waals surface area (Å²) in [5.74, 6) is 1.42. The number of anilines is 3. The Morgan fingerprint density at radius 1 is 1.03 bits per heavy atom. The van der Waals surface area contributed by atoms with E-state index in [1.807, 2.05) is 29.8 Å². The van der Waals surface area contributed by atoms with Gasteiger partial charge in [-0.15, -0.1) is 23.1 Å². The van der Waals surface area contributed by atoms with Crippen LogP contribution in [-0.2, 0) is 0 Å². The van der Waals surface area contributed by atoms with Crippen molar-refractivity contribution < 1.29 is 0 Å². The molecule has 3 heterocycles. The van der Waals surface area contributed by atoms with Crippen molar-refractivity contribution in [2.45, 2.75) is 37.8 Å². The van der Waals surface area contributed by atoms with Crippen molar-refractivity contribution in [2.24, 2.45) is 0 Å². The van der Waals surface area contributed by atoms with E-state index in [4.69, 9.17) is 9.97 Å². The van der Waals surface area contributed by atoms with E-state index in [2.05, 4.69) is 96.4 Å². The minimum absolute atomic E-state index is 0.500. The van der Waals surface area contributed by atoms with Crippen molar-refractivity contribution in [3.8, 4) is 0 Å². The number of nitrogens with one attached hydrogen (secondary N) is 2. The van der Waals surface area contributed by atoms with Crippen LogP contribution in [0.25, 0.3) is 10.2 Å². The molecule has 0 saturated carbocycles. The molecule has 0 bridgehead atoms. The molecule has 1 aliphatic rings. The topological polar surface area (TPSA) is 56.3 Å². The second-order valence-corrected chi connectivity index (χ2v) is 12.4. The number of nitrogens with zero attached hydrogens (tertiary/aromatic N) is 4. The summed E-state index contributed by atoms with van der Waals surface area (Å²) in [6.45, 7) is 13.0. The second kappa shape index (κ2) is 12.3. The standard InChI is InChI=1S/C26H34N6S3/c1-6-21(23(7-2)34-18(3)4)28-25-24-22(12-17-33-24)29-26(30-25)27-19-8-10-20(11-9-19)35-32-15-13-31(5)14-16-32/h6-12,17-18H,13-16H2,1-5H3,(H2,27,28,29,30)/b21-6+,23-7+. The van der Waals surface area contributed by atoms with Crippen LogP contribution in [0.4, 0.5) is 17.5 Å². The van der Waals surface area contributed by atoms with Crippen molar-refractivity contribution in [1.82, 2.24) is 19.2 Å². The number of fused-ring (bicyclic) bond motifs is 1. The summed E-state index contributed by atoms with van der Waals surface area (Å²) >= 11 is 5.33. The number of thiophene rings is 1. The van der Waals surface area contributed by atoms with E-state index in [1.54, 1.807) is 11.3 Å². The van der Waals surface area contributed by atoms with E-state index in [1.165, 1.54) is 9.80 Å². The molecule has 2 aromatic heterocycles. The molecule has 0 atom stereocenters. The number of benzene rings is 1. The van der Waals surface area contributed by atoms with Gasteiger partial charge in [0.05, 0.1) is 10.2 Å². The Labute approximate surface area is 221 Å². The molecule has 0 radical (unpaired) electrons. The van der Waals surface area contributed by atoms with Crippen LogP contribution in [0.2, 0.25) is 0 Å². The van der Waals surface area contributed by atoms with Gasteiger partial charge in [0.2, 0.25) is 5.95 Å². The summed E-state index contributed by atoms with van der Waals surface area (Å²) < 4.78 is 3.49. The fourth-order valence-corrected chi connectivity index (χ4v) is 6.32. The van der Waals surface area contributed by atoms with Gasteiger partial charge in [0.15, 0.2) is 5.82 Å². The normalized spacial score (nSPS) is 16.3. The number of piperazine rings is 1. The number of likely N-dealkylation sites (N-methyl/N-ethyl adjacent to an activating group) is 1. The number of aromatic nitrogens is 2. The van der Waals surface area contributed by atoms with Gasteiger partial charge in [0.25, 0.3) is 0 Å². The number of allylic oxidation sites excluding steroid dienone is 2. The number of hydrogen-bond donors (Lipinski definition) is 2. The number of rotatable bonds is 9. The molecular weight excluding hydrogens is 493 g/mol. The molecule has 4 rings (SSSR count). The molecule has 0 aliphatic carbocycles. The first-order valence-electron chi connectivity index (χ1n) is 12.0. The molecule has 2 N–H and O–H groups in total. The van der Waals surface area contributed by atoms with E-state index >= 15 is 0 Å². The van der Waals surface area contributed by atoms with Gasteiger partial charge in [-0.3, -0.25) is 0 Å². The Morgan fingerprint density at radius 2 is 1.77 bits per heavy atom. The predicted molar refractivity (Wildman–Crippen MR) is 156 cm³/mol. The molecule has 9 heteroatoms. The van der Waals surface area contributed by atoms with E-state index in [-0.39, 0.29) is 0 Å². The molecule has 1 fully saturated rings. The zero-order chi connectivity index (χ0) is 24.8. The van der Waals surface area contributed by atoms with Crippen LogP contribution in [0.15, 0.2) is 63.4 Å². The average molecular weight is 527 g/mol. The first-order valence-corrected chi connectivity index (χ1v) is 14.5. The molecular formula is C26H34N6S3. The summed E-state index contributed by atoms with van der Waals surface area (Å²) in [5, 5.41) is 9.54. The van der Waals surface area contributed by atoms with E-state index < -0.39 is 0 Å². The molecule has 186 valence electrons. The van der Waals surface area contributed by atoms with Crippen molar-refractivity contribution in [2.75, 3.05) is 43.9 Å². The first-order chi connectivity index (χ1) is 16.9. The number of hydrogen-bond acceptors (Lipinski definition) is 9. The first kappa shape index (κ1) is 26.0. The zero-order valence-corrected chi connectivity index (χ0v) is 23.5. The van der Waals surface area contributed by atoms with Crippen LogP contribution in [0.5, 0.6) is 0 Å². The zero-order valence-electron chi connectivity index (χ0n) is 21.0. The Hall–Kier alpha value is -2.04. The molecule has 0 amide bonds. The maximum atomic E-state index is 4.86. The van der Waals surface area contributed by atoms with Gasteiger partial charge in [-0.1, -0.05) is 26.0 Å². The van der Waals surface area contributed by atoms with Crippen molar-refractivity contribution >= 4 is 62.7 Å². The monoisotopic (exact) mass is 526 g/mol. The Kier molecular flexibility index (Phi) is 9.13. The summed E-state index contributed by atoms with van der Waals surface area (Å²) in [6.07, 6.45) is 4.26. The van der Waals surface area contributed by atoms with Gasteiger partial charge in [-0.05, 0) is 68.6 Å². The quantitative estimate of drug-likeness (QED) is 0.227. The van der Waals surface area contributed by atoms with Crippen LogP contribution < -0.4 is 10.6 Å². The highest BCUT2D eigenvalue weighted by molar-refractivity contribution is 8.03. The fraction of sp³-hybridized carbons (Fsp3) is 0.385. The predicted octanol–water partition coefficient (Wildman–Crippen LogP) is 7.05. The minimum atomic E-state index is 0.500. The highest BCUT2D eigenvalue weighted by Crippen LogP contribution is 2.33. The van der Waals surface area contributed by atoms with Crippen LogP contribution in [0.1, 0.15) is 27.7 Å². The van der Waals surface area contributed by atoms with Crippen molar-refractivity contribution in [3.05, 3.63) is 58.5 Å². The Morgan fingerprint density at radius 3 is 2.43 bits per heavy atom. The third-order valence-corrected chi connectivity index (χ3v) is 8.74. The lowest BCUT2D eigenvalue weighted by Gasteiger charge is -2.31. The van der Waals surface area contributed by atoms with Crippen LogP contribution in [0.3, 0.4) is 0 Å². The van der Waals surface area contributed by atoms with Gasteiger partial charge in [-0.25, -0.2) is 9.29 Å². The SMILES string of the molecule is C/C=C(Nc1nc(Nc2ccc(SN3CCN(C)CC3)cc2)nc2ccsc12)\C(=C/C)SC(C)C. The van der Waals surface area contributed by atoms with Crippen LogP contribution in [0, 0.1) is 0 Å². The molecule has 3 aromatic rings. The molecule has 6 nitrogen and oxygen atoms in total. The minimum Gasteiger partial charge on any atom is -0.338 e. The van der Waals surface area contributed by atoms with Gasteiger partial charge < -0.3 is 15.5 Å². The number of thioether (sulfide) groups is 1.